The van der Waals surface area contributed by atoms with Crippen LogP contribution < -0.4 is 10.6 Å². The molecule has 0 radical (unpaired) electrons. The summed E-state index contributed by atoms with van der Waals surface area (Å²) in [5.41, 5.74) is 4.39. The number of pyridine rings is 1. The van der Waals surface area contributed by atoms with Gasteiger partial charge in [0.05, 0.1) is 34.5 Å². The van der Waals surface area contributed by atoms with Crippen molar-refractivity contribution in [3.8, 4) is 16.8 Å². The zero-order chi connectivity index (χ0) is 27.2. The summed E-state index contributed by atoms with van der Waals surface area (Å²) >= 11 is 6.04. The molecule has 2 aromatic carbocycles. The molecule has 0 aliphatic rings. The number of nitrogens with one attached hydrogen (secondary N) is 2. The number of rotatable bonds is 4. The van der Waals surface area contributed by atoms with Gasteiger partial charge in [-0.15, -0.1) is 0 Å². The molecule has 10 heteroatoms. The fourth-order valence-corrected chi connectivity index (χ4v) is 4.42. The van der Waals surface area contributed by atoms with Gasteiger partial charge in [0.1, 0.15) is 11.6 Å². The van der Waals surface area contributed by atoms with E-state index in [1.54, 1.807) is 46.0 Å². The van der Waals surface area contributed by atoms with Gasteiger partial charge >= 0.3 is 6.03 Å². The number of urea groups is 1. The highest BCUT2D eigenvalue weighted by atomic mass is 35.5. The van der Waals surface area contributed by atoms with Crippen molar-refractivity contribution in [2.75, 3.05) is 10.6 Å². The van der Waals surface area contributed by atoms with Crippen LogP contribution in [0, 0.1) is 12.7 Å². The van der Waals surface area contributed by atoms with Gasteiger partial charge in [0.25, 0.3) is 0 Å². The molecule has 38 heavy (non-hydrogen) atoms. The third-order valence-electron chi connectivity index (χ3n) is 6.26. The number of carbonyl (C=O) groups is 1. The Morgan fingerprint density at radius 1 is 1.00 bits per heavy atom. The molecule has 8 nitrogen and oxygen atoms in total. The first-order chi connectivity index (χ1) is 18.0. The number of aryl methyl sites for hydroxylation is 2. The van der Waals surface area contributed by atoms with Crippen molar-refractivity contribution >= 4 is 40.0 Å². The van der Waals surface area contributed by atoms with Crippen molar-refractivity contribution in [1.29, 1.82) is 0 Å². The second-order valence-corrected chi connectivity index (χ2v) is 10.6. The summed E-state index contributed by atoms with van der Waals surface area (Å²) < 4.78 is 18.5. The number of nitrogens with zero attached hydrogens (tertiary/aromatic N) is 5. The largest absolute Gasteiger partial charge is 0.324 e. The van der Waals surface area contributed by atoms with Crippen LogP contribution in [0.3, 0.4) is 0 Å². The van der Waals surface area contributed by atoms with Gasteiger partial charge in [-0.2, -0.15) is 10.2 Å². The molecular weight excluding hydrogens is 505 g/mol. The predicted molar refractivity (Wildman–Crippen MR) is 149 cm³/mol. The second kappa shape index (κ2) is 9.57. The van der Waals surface area contributed by atoms with Gasteiger partial charge in [0.15, 0.2) is 0 Å². The van der Waals surface area contributed by atoms with E-state index >= 15 is 4.39 Å². The molecule has 3 heterocycles. The Kier molecular flexibility index (Phi) is 6.40. The molecule has 5 rings (SSSR count). The van der Waals surface area contributed by atoms with Crippen molar-refractivity contribution in [2.45, 2.75) is 33.1 Å². The van der Waals surface area contributed by atoms with Crippen LogP contribution in [0.15, 0.2) is 60.9 Å². The molecular formula is C28H27ClFN7O. The quantitative estimate of drug-likeness (QED) is 0.265. The average molecular weight is 532 g/mol. The number of anilines is 2. The zero-order valence-corrected chi connectivity index (χ0v) is 22.4. The lowest BCUT2D eigenvalue weighted by Gasteiger charge is -2.14. The minimum Gasteiger partial charge on any atom is -0.305 e. The number of carbonyl (C=O) groups excluding carboxylic acids is 1. The molecule has 0 unspecified atom stereocenters. The summed E-state index contributed by atoms with van der Waals surface area (Å²) in [5, 5.41) is 16.0. The monoisotopic (exact) mass is 531 g/mol. The molecule has 0 spiro atoms. The van der Waals surface area contributed by atoms with Gasteiger partial charge in [-0.05, 0) is 48.9 Å². The normalized spacial score (nSPS) is 11.7. The molecule has 0 saturated carbocycles. The molecule has 0 saturated heterocycles. The van der Waals surface area contributed by atoms with E-state index in [1.807, 2.05) is 46.9 Å². The third kappa shape index (κ3) is 4.84. The van der Waals surface area contributed by atoms with E-state index in [0.717, 1.165) is 33.5 Å². The standard InChI is InChI=1S/C28H27ClFN7O/c1-16-26-20(14-31-15-23(26)36(5)34-16)17-6-11-22(21(30)12-17)32-27(38)33-25-13-24(28(2,3)4)35-37(25)19-9-7-18(29)8-10-19/h6-15H,1-5H3,(H2,32,33,38). The van der Waals surface area contributed by atoms with E-state index in [1.165, 1.54) is 12.1 Å². The van der Waals surface area contributed by atoms with Crippen LogP contribution >= 0.6 is 11.6 Å². The summed E-state index contributed by atoms with van der Waals surface area (Å²) in [6, 6.07) is 13.0. The van der Waals surface area contributed by atoms with Crippen LogP contribution in [0.25, 0.3) is 27.7 Å². The highest BCUT2D eigenvalue weighted by Gasteiger charge is 2.22. The molecule has 3 aromatic heterocycles. The van der Waals surface area contributed by atoms with Crippen molar-refractivity contribution in [3.63, 3.8) is 0 Å². The maximum Gasteiger partial charge on any atom is 0.324 e. The maximum absolute atomic E-state index is 15.2. The number of fused-ring (bicyclic) bond motifs is 1. The predicted octanol–water partition coefficient (Wildman–Crippen LogP) is 6.86. The van der Waals surface area contributed by atoms with Crippen molar-refractivity contribution in [1.82, 2.24) is 24.5 Å². The van der Waals surface area contributed by atoms with Gasteiger partial charge in [-0.25, -0.2) is 13.9 Å². The Morgan fingerprint density at radius 2 is 1.74 bits per heavy atom. The van der Waals surface area contributed by atoms with Gasteiger partial charge in [-0.3, -0.25) is 15.0 Å². The number of amides is 2. The van der Waals surface area contributed by atoms with Crippen molar-refractivity contribution in [3.05, 3.63) is 83.2 Å². The molecule has 5 aromatic rings. The van der Waals surface area contributed by atoms with Crippen LogP contribution in [0.1, 0.15) is 32.2 Å². The Labute approximate surface area is 224 Å². The molecule has 0 aliphatic heterocycles. The first-order valence-electron chi connectivity index (χ1n) is 12.0. The lowest BCUT2D eigenvalue weighted by atomic mass is 9.92. The molecule has 2 amide bonds. The SMILES string of the molecule is Cc1nn(C)c2cncc(-c3ccc(NC(=O)Nc4cc(C(C)(C)C)nn4-c4ccc(Cl)cc4)c(F)c3)c12. The van der Waals surface area contributed by atoms with Gasteiger partial charge in [-0.1, -0.05) is 38.4 Å². The average Bonchev–Trinajstić information content (AvgIpc) is 3.41. The minimum absolute atomic E-state index is 0.0443. The third-order valence-corrected chi connectivity index (χ3v) is 6.51. The summed E-state index contributed by atoms with van der Waals surface area (Å²) in [4.78, 5) is 17.2. The van der Waals surface area contributed by atoms with E-state index in [0.29, 0.717) is 16.4 Å². The lowest BCUT2D eigenvalue weighted by molar-refractivity contribution is 0.262. The van der Waals surface area contributed by atoms with Crippen molar-refractivity contribution in [2.24, 2.45) is 7.05 Å². The summed E-state index contributed by atoms with van der Waals surface area (Å²) in [7, 11) is 1.84. The molecule has 2 N–H and O–H groups in total. The van der Waals surface area contributed by atoms with Crippen LogP contribution in [-0.4, -0.2) is 30.6 Å². The first kappa shape index (κ1) is 25.4. The minimum atomic E-state index is -0.598. The van der Waals surface area contributed by atoms with Crippen LogP contribution in [0.4, 0.5) is 20.7 Å². The van der Waals surface area contributed by atoms with E-state index in [2.05, 4.69) is 25.8 Å². The number of halogens is 2. The number of benzene rings is 2. The Morgan fingerprint density at radius 3 is 2.42 bits per heavy atom. The summed E-state index contributed by atoms with van der Waals surface area (Å²) in [5.74, 6) is -0.130. The second-order valence-electron chi connectivity index (χ2n) is 10.1. The van der Waals surface area contributed by atoms with Gasteiger partial charge in [0, 0.05) is 40.7 Å². The lowest BCUT2D eigenvalue weighted by Crippen LogP contribution is -2.22. The molecule has 0 aliphatic carbocycles. The number of hydrogen-bond acceptors (Lipinski definition) is 4. The van der Waals surface area contributed by atoms with E-state index in [9.17, 15) is 4.79 Å². The van der Waals surface area contributed by atoms with E-state index in [4.69, 9.17) is 11.6 Å². The van der Waals surface area contributed by atoms with E-state index < -0.39 is 11.8 Å². The van der Waals surface area contributed by atoms with E-state index in [-0.39, 0.29) is 11.1 Å². The maximum atomic E-state index is 15.2. The zero-order valence-electron chi connectivity index (χ0n) is 21.7. The van der Waals surface area contributed by atoms with Crippen LogP contribution in [-0.2, 0) is 12.5 Å². The van der Waals surface area contributed by atoms with Crippen molar-refractivity contribution < 1.29 is 9.18 Å². The summed E-state index contributed by atoms with van der Waals surface area (Å²) in [6.07, 6.45) is 3.42. The fraction of sp³-hybridized carbons (Fsp3) is 0.214. The Bertz CT molecular complexity index is 1670. The van der Waals surface area contributed by atoms with Gasteiger partial charge in [0.2, 0.25) is 0 Å². The highest BCUT2D eigenvalue weighted by Crippen LogP contribution is 2.32. The number of aromatic nitrogens is 5. The summed E-state index contributed by atoms with van der Waals surface area (Å²) in [6.45, 7) is 8.00. The Balaban J connectivity index is 1.41. The first-order valence-corrected chi connectivity index (χ1v) is 12.4. The van der Waals surface area contributed by atoms with Crippen LogP contribution in [0.2, 0.25) is 5.02 Å². The van der Waals surface area contributed by atoms with Gasteiger partial charge < -0.3 is 5.32 Å². The smallest absolute Gasteiger partial charge is 0.305 e. The fourth-order valence-electron chi connectivity index (χ4n) is 4.29. The topological polar surface area (TPSA) is 89.7 Å². The molecule has 0 bridgehead atoms. The number of hydrogen-bond donors (Lipinski definition) is 2. The highest BCUT2D eigenvalue weighted by molar-refractivity contribution is 6.30. The molecule has 0 atom stereocenters. The van der Waals surface area contributed by atoms with Crippen LogP contribution in [0.5, 0.6) is 0 Å². The molecule has 194 valence electrons. The molecule has 0 fully saturated rings. The Hall–Kier alpha value is -4.24.